The van der Waals surface area contributed by atoms with Crippen LogP contribution in [0.2, 0.25) is 0 Å². The number of rotatable bonds is 5. The number of hydrogen-bond donors (Lipinski definition) is 2. The Kier molecular flexibility index (Phi) is 5.26. The van der Waals surface area contributed by atoms with E-state index in [2.05, 4.69) is 30.6 Å². The van der Waals surface area contributed by atoms with Crippen molar-refractivity contribution in [2.75, 3.05) is 10.6 Å². The molecule has 2 N–H and O–H groups in total. The Balaban J connectivity index is 1.26. The zero-order chi connectivity index (χ0) is 22.1. The molecule has 32 heavy (non-hydrogen) atoms. The molecule has 0 aromatic carbocycles. The summed E-state index contributed by atoms with van der Waals surface area (Å²) in [6.45, 7) is 3.94. The van der Waals surface area contributed by atoms with Gasteiger partial charge in [0.05, 0.1) is 29.5 Å². The highest BCUT2D eigenvalue weighted by Gasteiger charge is 2.25. The van der Waals surface area contributed by atoms with E-state index >= 15 is 0 Å². The lowest BCUT2D eigenvalue weighted by molar-refractivity contribution is 0.719. The average molecular weight is 428 g/mol. The van der Waals surface area contributed by atoms with Crippen molar-refractivity contribution in [1.82, 2.24) is 24.5 Å². The minimum absolute atomic E-state index is 0.127. The van der Waals surface area contributed by atoms with Crippen LogP contribution in [0.4, 0.5) is 11.6 Å². The second-order valence-electron chi connectivity index (χ2n) is 8.25. The van der Waals surface area contributed by atoms with Crippen molar-refractivity contribution in [1.29, 1.82) is 0 Å². The standard InChI is InChI=1S/C24H25N7O/c1-15-16(2)28-22(14-26-15)30-19-7-6-18(12-19)29-21-9-8-20(13-27-21)31-23(32)10-5-17-4-3-11-25-24(17)31/h3-5,8-11,13-14,18-19H,6-7,12H2,1-2H3,(H,27,29)(H,28,30)/t18-,19-/m0/s1. The summed E-state index contributed by atoms with van der Waals surface area (Å²) < 4.78 is 1.59. The monoisotopic (exact) mass is 427 g/mol. The lowest BCUT2D eigenvalue weighted by Crippen LogP contribution is -2.22. The first-order valence-corrected chi connectivity index (χ1v) is 10.8. The molecule has 0 saturated heterocycles. The number of nitrogens with one attached hydrogen (secondary N) is 2. The van der Waals surface area contributed by atoms with Crippen LogP contribution in [0.5, 0.6) is 0 Å². The molecule has 0 amide bonds. The van der Waals surface area contributed by atoms with Gasteiger partial charge < -0.3 is 10.6 Å². The fraction of sp³-hybridized carbons (Fsp3) is 0.292. The Morgan fingerprint density at radius 3 is 2.44 bits per heavy atom. The molecular formula is C24H25N7O. The predicted molar refractivity (Wildman–Crippen MR) is 125 cm³/mol. The number of hydrogen-bond acceptors (Lipinski definition) is 7. The maximum Gasteiger partial charge on any atom is 0.256 e. The summed E-state index contributed by atoms with van der Waals surface area (Å²) >= 11 is 0. The highest BCUT2D eigenvalue weighted by molar-refractivity contribution is 5.76. The molecule has 4 heterocycles. The third kappa shape index (κ3) is 4.03. The largest absolute Gasteiger partial charge is 0.367 e. The zero-order valence-corrected chi connectivity index (χ0v) is 18.1. The number of aryl methyl sites for hydroxylation is 2. The van der Waals surface area contributed by atoms with Gasteiger partial charge in [-0.05, 0) is 63.4 Å². The molecule has 0 bridgehead atoms. The van der Waals surface area contributed by atoms with Crippen LogP contribution in [-0.4, -0.2) is 36.6 Å². The van der Waals surface area contributed by atoms with Gasteiger partial charge in [0.15, 0.2) is 0 Å². The molecule has 4 aromatic rings. The smallest absolute Gasteiger partial charge is 0.256 e. The molecule has 1 saturated carbocycles. The maximum absolute atomic E-state index is 12.5. The molecule has 1 fully saturated rings. The first-order chi connectivity index (χ1) is 15.6. The van der Waals surface area contributed by atoms with Gasteiger partial charge in [-0.3, -0.25) is 14.3 Å². The minimum atomic E-state index is -0.127. The number of anilines is 2. The van der Waals surface area contributed by atoms with E-state index in [0.29, 0.717) is 23.4 Å². The van der Waals surface area contributed by atoms with Crippen LogP contribution in [0.1, 0.15) is 30.7 Å². The van der Waals surface area contributed by atoms with Crippen LogP contribution < -0.4 is 16.2 Å². The van der Waals surface area contributed by atoms with Gasteiger partial charge in [-0.15, -0.1) is 0 Å². The van der Waals surface area contributed by atoms with Crippen molar-refractivity contribution in [3.05, 3.63) is 76.7 Å². The SMILES string of the molecule is Cc1ncc(N[C@H]2CC[C@H](Nc3ccc(-n4c(=O)ccc5cccnc54)cn3)C2)nc1C. The van der Waals surface area contributed by atoms with E-state index in [4.69, 9.17) is 0 Å². The topological polar surface area (TPSA) is 97.6 Å². The van der Waals surface area contributed by atoms with Gasteiger partial charge >= 0.3 is 0 Å². The van der Waals surface area contributed by atoms with E-state index in [9.17, 15) is 4.79 Å². The molecule has 8 nitrogen and oxygen atoms in total. The number of nitrogens with zero attached hydrogens (tertiary/aromatic N) is 5. The molecule has 2 atom stereocenters. The second kappa shape index (κ2) is 8.37. The quantitative estimate of drug-likeness (QED) is 0.502. The van der Waals surface area contributed by atoms with Gasteiger partial charge in [-0.25, -0.2) is 15.0 Å². The minimum Gasteiger partial charge on any atom is -0.367 e. The summed E-state index contributed by atoms with van der Waals surface area (Å²) in [6, 6.07) is 11.6. The lowest BCUT2D eigenvalue weighted by Gasteiger charge is -2.16. The van der Waals surface area contributed by atoms with Crippen LogP contribution in [0.15, 0.2) is 59.8 Å². The normalized spacial score (nSPS) is 18.1. The fourth-order valence-corrected chi connectivity index (χ4v) is 4.19. The second-order valence-corrected chi connectivity index (χ2v) is 8.25. The number of pyridine rings is 3. The molecule has 0 spiro atoms. The molecule has 5 rings (SSSR count). The molecule has 0 aliphatic heterocycles. The Bertz CT molecular complexity index is 1320. The highest BCUT2D eigenvalue weighted by Crippen LogP contribution is 2.25. The maximum atomic E-state index is 12.5. The van der Waals surface area contributed by atoms with Crippen molar-refractivity contribution in [3.63, 3.8) is 0 Å². The first-order valence-electron chi connectivity index (χ1n) is 10.8. The van der Waals surface area contributed by atoms with E-state index in [1.807, 2.05) is 38.1 Å². The van der Waals surface area contributed by atoms with E-state index in [0.717, 1.165) is 47.7 Å². The summed E-state index contributed by atoms with van der Waals surface area (Å²) in [6.07, 6.45) is 8.29. The van der Waals surface area contributed by atoms with E-state index in [1.54, 1.807) is 35.3 Å². The van der Waals surface area contributed by atoms with Crippen LogP contribution in [0.3, 0.4) is 0 Å². The number of aromatic nitrogens is 5. The van der Waals surface area contributed by atoms with Crippen LogP contribution in [0, 0.1) is 13.8 Å². The summed E-state index contributed by atoms with van der Waals surface area (Å²) in [5.41, 5.74) is 3.11. The molecule has 1 aliphatic carbocycles. The van der Waals surface area contributed by atoms with E-state index < -0.39 is 0 Å². The van der Waals surface area contributed by atoms with Gasteiger partial charge in [-0.2, -0.15) is 0 Å². The van der Waals surface area contributed by atoms with Crippen LogP contribution in [-0.2, 0) is 0 Å². The molecule has 8 heteroatoms. The third-order valence-electron chi connectivity index (χ3n) is 5.99. The Labute approximate surface area is 185 Å². The van der Waals surface area contributed by atoms with Crippen molar-refractivity contribution in [2.24, 2.45) is 0 Å². The van der Waals surface area contributed by atoms with Gasteiger partial charge in [0.1, 0.15) is 17.3 Å². The Morgan fingerprint density at radius 2 is 1.69 bits per heavy atom. The molecule has 4 aromatic heterocycles. The molecular weight excluding hydrogens is 402 g/mol. The third-order valence-corrected chi connectivity index (χ3v) is 5.99. The highest BCUT2D eigenvalue weighted by atomic mass is 16.1. The molecule has 0 radical (unpaired) electrons. The van der Waals surface area contributed by atoms with Gasteiger partial charge in [-0.1, -0.05) is 0 Å². The van der Waals surface area contributed by atoms with E-state index in [-0.39, 0.29) is 5.56 Å². The van der Waals surface area contributed by atoms with Crippen LogP contribution >= 0.6 is 0 Å². The number of fused-ring (bicyclic) bond motifs is 1. The Hall–Kier alpha value is -3.81. The summed E-state index contributed by atoms with van der Waals surface area (Å²) in [4.78, 5) is 30.4. The van der Waals surface area contributed by atoms with Gasteiger partial charge in [0.2, 0.25) is 0 Å². The summed E-state index contributed by atoms with van der Waals surface area (Å²) in [7, 11) is 0. The predicted octanol–water partition coefficient (Wildman–Crippen LogP) is 3.63. The van der Waals surface area contributed by atoms with Crippen molar-refractivity contribution in [3.8, 4) is 5.69 Å². The lowest BCUT2D eigenvalue weighted by atomic mass is 10.2. The molecule has 1 aliphatic rings. The zero-order valence-electron chi connectivity index (χ0n) is 18.1. The van der Waals surface area contributed by atoms with Gasteiger partial charge in [0.25, 0.3) is 5.56 Å². The fourth-order valence-electron chi connectivity index (χ4n) is 4.19. The van der Waals surface area contributed by atoms with Crippen molar-refractivity contribution in [2.45, 2.75) is 45.2 Å². The Morgan fingerprint density at radius 1 is 0.875 bits per heavy atom. The summed E-state index contributed by atoms with van der Waals surface area (Å²) in [5.74, 6) is 1.63. The van der Waals surface area contributed by atoms with E-state index in [1.165, 1.54) is 0 Å². The van der Waals surface area contributed by atoms with Gasteiger partial charge in [0, 0.05) is 29.7 Å². The average Bonchev–Trinajstić information content (AvgIpc) is 3.23. The van der Waals surface area contributed by atoms with Crippen molar-refractivity contribution < 1.29 is 0 Å². The van der Waals surface area contributed by atoms with Crippen LogP contribution in [0.25, 0.3) is 16.7 Å². The van der Waals surface area contributed by atoms with Crippen molar-refractivity contribution >= 4 is 22.7 Å². The molecule has 162 valence electrons. The molecule has 0 unspecified atom stereocenters. The first kappa shape index (κ1) is 20.1. The summed E-state index contributed by atoms with van der Waals surface area (Å²) in [5, 5.41) is 7.93.